The van der Waals surface area contributed by atoms with E-state index in [2.05, 4.69) is 0 Å². The Hall–Kier alpha value is -1.45. The smallest absolute Gasteiger partial charge is 0.327 e. The minimum Gasteiger partial charge on any atom is -0.327 e. The molecule has 2 N–H and O–H groups in total. The molecule has 0 saturated carbocycles. The minimum atomic E-state index is -3.93. The lowest BCUT2D eigenvalue weighted by Crippen LogP contribution is -2.48. The lowest BCUT2D eigenvalue weighted by molar-refractivity contribution is 0.315. The van der Waals surface area contributed by atoms with Crippen molar-refractivity contribution in [3.63, 3.8) is 0 Å². The number of hydrogen-bond donors (Lipinski definition) is 1. The van der Waals surface area contributed by atoms with Crippen LogP contribution in [0, 0.1) is 0 Å². The van der Waals surface area contributed by atoms with Gasteiger partial charge in [-0.1, -0.05) is 0 Å². The van der Waals surface area contributed by atoms with Crippen LogP contribution in [0.1, 0.15) is 12.8 Å². The van der Waals surface area contributed by atoms with Crippen LogP contribution in [-0.4, -0.2) is 41.0 Å². The van der Waals surface area contributed by atoms with E-state index in [-0.39, 0.29) is 12.6 Å². The van der Waals surface area contributed by atoms with Crippen molar-refractivity contribution in [2.24, 2.45) is 19.8 Å². The van der Waals surface area contributed by atoms with E-state index >= 15 is 0 Å². The number of aryl methyl sites for hydroxylation is 1. The molecule has 0 amide bonds. The van der Waals surface area contributed by atoms with E-state index < -0.39 is 26.2 Å². The average Bonchev–Trinajstić information content (AvgIpc) is 2.40. The maximum Gasteiger partial charge on any atom is 0.330 e. The molecule has 0 aromatic carbocycles. The number of nitrogens with two attached hydrogens (primary N) is 1. The summed E-state index contributed by atoms with van der Waals surface area (Å²) in [7, 11) is -1.27. The van der Waals surface area contributed by atoms with Crippen molar-refractivity contribution in [2.75, 3.05) is 13.1 Å². The van der Waals surface area contributed by atoms with E-state index in [0.717, 1.165) is 21.8 Å². The van der Waals surface area contributed by atoms with E-state index in [1.165, 1.54) is 18.4 Å². The fourth-order valence-corrected chi connectivity index (χ4v) is 3.97. The molecule has 1 unspecified atom stereocenters. The van der Waals surface area contributed by atoms with Gasteiger partial charge in [-0.25, -0.2) is 13.2 Å². The van der Waals surface area contributed by atoms with Gasteiger partial charge in [0.1, 0.15) is 0 Å². The molecule has 9 heteroatoms. The molecule has 1 aliphatic heterocycles. The summed E-state index contributed by atoms with van der Waals surface area (Å²) >= 11 is 0. The van der Waals surface area contributed by atoms with Gasteiger partial charge >= 0.3 is 5.69 Å². The van der Waals surface area contributed by atoms with Gasteiger partial charge in [-0.3, -0.25) is 9.36 Å². The van der Waals surface area contributed by atoms with Crippen LogP contribution in [0.3, 0.4) is 0 Å². The maximum atomic E-state index is 12.5. The van der Waals surface area contributed by atoms with Crippen LogP contribution in [0.4, 0.5) is 0 Å². The zero-order valence-corrected chi connectivity index (χ0v) is 12.3. The monoisotopic (exact) mass is 302 g/mol. The van der Waals surface area contributed by atoms with Gasteiger partial charge in [0, 0.05) is 39.4 Å². The van der Waals surface area contributed by atoms with Gasteiger partial charge in [0.2, 0.25) is 10.0 Å². The molecule has 0 aliphatic carbocycles. The highest BCUT2D eigenvalue weighted by atomic mass is 32.2. The zero-order chi connectivity index (χ0) is 15.1. The fraction of sp³-hybridized carbons (Fsp3) is 0.636. The minimum absolute atomic E-state index is 0.189. The summed E-state index contributed by atoms with van der Waals surface area (Å²) in [6.07, 6.45) is 2.49. The first-order valence-corrected chi connectivity index (χ1v) is 7.71. The molecule has 8 nitrogen and oxygen atoms in total. The highest BCUT2D eigenvalue weighted by molar-refractivity contribution is 7.89. The third kappa shape index (κ3) is 2.43. The van der Waals surface area contributed by atoms with Crippen LogP contribution >= 0.6 is 0 Å². The summed E-state index contributed by atoms with van der Waals surface area (Å²) in [4.78, 5) is 23.2. The lowest BCUT2D eigenvalue weighted by Gasteiger charge is -2.29. The molecule has 2 heterocycles. The number of sulfonamides is 1. The first-order chi connectivity index (χ1) is 9.25. The highest BCUT2D eigenvalue weighted by Crippen LogP contribution is 2.17. The van der Waals surface area contributed by atoms with Crippen LogP contribution in [0.5, 0.6) is 0 Å². The van der Waals surface area contributed by atoms with Crippen molar-refractivity contribution in [1.82, 2.24) is 13.4 Å². The molecule has 2 rings (SSSR count). The van der Waals surface area contributed by atoms with Gasteiger partial charge in [-0.2, -0.15) is 4.31 Å². The largest absolute Gasteiger partial charge is 0.330 e. The highest BCUT2D eigenvalue weighted by Gasteiger charge is 2.31. The normalized spacial score (nSPS) is 21.1. The molecular weight excluding hydrogens is 284 g/mol. The summed E-state index contributed by atoms with van der Waals surface area (Å²) < 4.78 is 28.1. The van der Waals surface area contributed by atoms with Gasteiger partial charge in [-0.05, 0) is 12.8 Å². The molecule has 1 saturated heterocycles. The van der Waals surface area contributed by atoms with E-state index in [9.17, 15) is 18.0 Å². The Morgan fingerprint density at radius 2 is 1.95 bits per heavy atom. The molecule has 0 spiro atoms. The van der Waals surface area contributed by atoms with E-state index in [4.69, 9.17) is 5.73 Å². The molecule has 1 aromatic rings. The van der Waals surface area contributed by atoms with Crippen LogP contribution < -0.4 is 17.0 Å². The second-order valence-electron chi connectivity index (χ2n) is 5.02. The van der Waals surface area contributed by atoms with E-state index in [0.29, 0.717) is 13.0 Å². The van der Waals surface area contributed by atoms with Gasteiger partial charge in [0.15, 0.2) is 4.90 Å². The van der Waals surface area contributed by atoms with Crippen LogP contribution in [0.2, 0.25) is 0 Å². The SMILES string of the molecule is Cn1cc(S(=O)(=O)N2CCCC(N)C2)c(=O)n(C)c1=O. The van der Waals surface area contributed by atoms with Gasteiger partial charge in [0.25, 0.3) is 5.56 Å². The predicted octanol–water partition coefficient (Wildman–Crippen LogP) is -1.80. The van der Waals surface area contributed by atoms with Crippen molar-refractivity contribution in [3.8, 4) is 0 Å². The van der Waals surface area contributed by atoms with Crippen LogP contribution in [-0.2, 0) is 24.1 Å². The van der Waals surface area contributed by atoms with Crippen molar-refractivity contribution in [1.29, 1.82) is 0 Å². The van der Waals surface area contributed by atoms with Crippen molar-refractivity contribution in [3.05, 3.63) is 27.0 Å². The molecule has 0 radical (unpaired) electrons. The summed E-state index contributed by atoms with van der Waals surface area (Å²) in [5.74, 6) is 0. The first-order valence-electron chi connectivity index (χ1n) is 6.27. The average molecular weight is 302 g/mol. The number of nitrogens with zero attached hydrogens (tertiary/aromatic N) is 3. The molecular formula is C11H18N4O4S. The number of rotatable bonds is 2. The summed E-state index contributed by atoms with van der Waals surface area (Å²) in [5, 5.41) is 0. The molecule has 1 atom stereocenters. The molecule has 112 valence electrons. The number of piperidine rings is 1. The third-order valence-corrected chi connectivity index (χ3v) is 5.30. The Morgan fingerprint density at radius 1 is 1.30 bits per heavy atom. The molecule has 1 fully saturated rings. The van der Waals surface area contributed by atoms with E-state index in [1.807, 2.05) is 0 Å². The van der Waals surface area contributed by atoms with Crippen LogP contribution in [0.25, 0.3) is 0 Å². The zero-order valence-electron chi connectivity index (χ0n) is 11.4. The second-order valence-corrected chi connectivity index (χ2v) is 6.92. The fourth-order valence-electron chi connectivity index (χ4n) is 2.28. The Balaban J connectivity index is 2.56. The van der Waals surface area contributed by atoms with Crippen molar-refractivity contribution < 1.29 is 8.42 Å². The van der Waals surface area contributed by atoms with Gasteiger partial charge in [0.05, 0.1) is 0 Å². The summed E-state index contributed by atoms with van der Waals surface area (Å²) in [6, 6.07) is -0.227. The first kappa shape index (κ1) is 14.9. The van der Waals surface area contributed by atoms with Gasteiger partial charge < -0.3 is 10.3 Å². The lowest BCUT2D eigenvalue weighted by atomic mass is 10.1. The second kappa shape index (κ2) is 5.15. The van der Waals surface area contributed by atoms with Crippen molar-refractivity contribution in [2.45, 2.75) is 23.8 Å². The standard InChI is InChI=1S/C11H18N4O4S/c1-13-7-9(10(16)14(2)11(13)17)20(18,19)15-5-3-4-8(12)6-15/h7-8H,3-6,12H2,1-2H3. The molecule has 20 heavy (non-hydrogen) atoms. The van der Waals surface area contributed by atoms with Crippen molar-refractivity contribution >= 4 is 10.0 Å². The van der Waals surface area contributed by atoms with Gasteiger partial charge in [-0.15, -0.1) is 0 Å². The number of hydrogen-bond acceptors (Lipinski definition) is 5. The summed E-state index contributed by atoms with van der Waals surface area (Å²) in [5.41, 5.74) is 4.40. The quantitative estimate of drug-likeness (QED) is 0.693. The number of aromatic nitrogens is 2. The molecule has 1 aliphatic rings. The Labute approximate surface area is 116 Å². The topological polar surface area (TPSA) is 107 Å². The summed E-state index contributed by atoms with van der Waals surface area (Å²) in [6.45, 7) is 0.524. The van der Waals surface area contributed by atoms with Crippen LogP contribution in [0.15, 0.2) is 20.7 Å². The molecule has 0 bridgehead atoms. The van der Waals surface area contributed by atoms with E-state index in [1.54, 1.807) is 0 Å². The Kier molecular flexibility index (Phi) is 3.85. The maximum absolute atomic E-state index is 12.5. The Bertz CT molecular complexity index is 734. The Morgan fingerprint density at radius 3 is 2.55 bits per heavy atom. The molecule has 1 aromatic heterocycles. The predicted molar refractivity (Wildman–Crippen MR) is 72.9 cm³/mol. The third-order valence-electron chi connectivity index (χ3n) is 3.45.